The van der Waals surface area contributed by atoms with Crippen molar-refractivity contribution in [3.63, 3.8) is 0 Å². The van der Waals surface area contributed by atoms with Crippen molar-refractivity contribution in [1.29, 1.82) is 0 Å². The SMILES string of the molecule is CCc1cc(OC[C@H]2CCCN2)cnc1C. The highest BCUT2D eigenvalue weighted by Crippen LogP contribution is 2.16. The second-order valence-electron chi connectivity index (χ2n) is 4.37. The fourth-order valence-electron chi connectivity index (χ4n) is 2.09. The minimum Gasteiger partial charge on any atom is -0.490 e. The Hall–Kier alpha value is -1.09. The summed E-state index contributed by atoms with van der Waals surface area (Å²) in [5, 5.41) is 3.42. The van der Waals surface area contributed by atoms with Gasteiger partial charge < -0.3 is 10.1 Å². The monoisotopic (exact) mass is 220 g/mol. The zero-order valence-electron chi connectivity index (χ0n) is 10.1. The van der Waals surface area contributed by atoms with E-state index in [-0.39, 0.29) is 0 Å². The number of hydrogen-bond acceptors (Lipinski definition) is 3. The van der Waals surface area contributed by atoms with Gasteiger partial charge in [0, 0.05) is 11.7 Å². The third-order valence-electron chi connectivity index (χ3n) is 3.16. The predicted molar refractivity (Wildman–Crippen MR) is 64.9 cm³/mol. The van der Waals surface area contributed by atoms with Crippen LogP contribution in [0.15, 0.2) is 12.3 Å². The van der Waals surface area contributed by atoms with Gasteiger partial charge in [0.25, 0.3) is 0 Å². The molecule has 16 heavy (non-hydrogen) atoms. The second kappa shape index (κ2) is 5.30. The molecule has 1 fully saturated rings. The maximum absolute atomic E-state index is 5.76. The van der Waals surface area contributed by atoms with Crippen molar-refractivity contribution < 1.29 is 4.74 Å². The highest BCUT2D eigenvalue weighted by molar-refractivity contribution is 5.28. The molecule has 1 aliphatic heterocycles. The summed E-state index contributed by atoms with van der Waals surface area (Å²) in [6.07, 6.45) is 5.32. The van der Waals surface area contributed by atoms with Crippen molar-refractivity contribution in [2.75, 3.05) is 13.2 Å². The minimum atomic E-state index is 0.520. The topological polar surface area (TPSA) is 34.1 Å². The van der Waals surface area contributed by atoms with Crippen LogP contribution in [0.2, 0.25) is 0 Å². The van der Waals surface area contributed by atoms with Gasteiger partial charge in [-0.3, -0.25) is 4.98 Å². The first-order valence-electron chi connectivity index (χ1n) is 6.11. The van der Waals surface area contributed by atoms with Crippen LogP contribution in [-0.2, 0) is 6.42 Å². The standard InChI is InChI=1S/C13H20N2O/c1-3-11-7-13(8-15-10(11)2)16-9-12-5-4-6-14-12/h7-8,12,14H,3-6,9H2,1-2H3/t12-/m1/s1. The zero-order chi connectivity index (χ0) is 11.4. The van der Waals surface area contributed by atoms with Crippen LogP contribution < -0.4 is 10.1 Å². The average Bonchev–Trinajstić information content (AvgIpc) is 2.81. The normalized spacial score (nSPS) is 20.0. The largest absolute Gasteiger partial charge is 0.490 e. The first-order valence-corrected chi connectivity index (χ1v) is 6.11. The molecule has 1 aromatic heterocycles. The molecule has 1 atom stereocenters. The number of nitrogens with one attached hydrogen (secondary N) is 1. The van der Waals surface area contributed by atoms with Crippen LogP contribution in [-0.4, -0.2) is 24.2 Å². The molecule has 0 radical (unpaired) electrons. The quantitative estimate of drug-likeness (QED) is 0.843. The molecule has 1 aliphatic rings. The lowest BCUT2D eigenvalue weighted by Gasteiger charge is -2.13. The maximum atomic E-state index is 5.76. The number of aryl methyl sites for hydroxylation is 2. The van der Waals surface area contributed by atoms with Gasteiger partial charge in [0.15, 0.2) is 0 Å². The summed E-state index contributed by atoms with van der Waals surface area (Å²) in [5.41, 5.74) is 2.38. The maximum Gasteiger partial charge on any atom is 0.137 e. The zero-order valence-corrected chi connectivity index (χ0v) is 10.1. The highest BCUT2D eigenvalue weighted by Gasteiger charge is 2.14. The van der Waals surface area contributed by atoms with Crippen molar-refractivity contribution in [2.45, 2.75) is 39.2 Å². The van der Waals surface area contributed by atoms with Gasteiger partial charge in [-0.25, -0.2) is 0 Å². The van der Waals surface area contributed by atoms with Crippen molar-refractivity contribution in [3.8, 4) is 5.75 Å². The number of hydrogen-bond donors (Lipinski definition) is 1. The van der Waals surface area contributed by atoms with Gasteiger partial charge in [-0.05, 0) is 44.4 Å². The van der Waals surface area contributed by atoms with E-state index in [1.54, 1.807) is 0 Å². The van der Waals surface area contributed by atoms with Crippen LogP contribution in [0.5, 0.6) is 5.75 Å². The summed E-state index contributed by atoms with van der Waals surface area (Å²) in [6.45, 7) is 6.07. The Morgan fingerprint density at radius 1 is 1.56 bits per heavy atom. The molecule has 2 rings (SSSR count). The van der Waals surface area contributed by atoms with E-state index in [4.69, 9.17) is 4.74 Å². The van der Waals surface area contributed by atoms with Crippen LogP contribution in [0.25, 0.3) is 0 Å². The number of rotatable bonds is 4. The Morgan fingerprint density at radius 3 is 3.12 bits per heavy atom. The molecule has 1 N–H and O–H groups in total. The summed E-state index contributed by atoms with van der Waals surface area (Å²) >= 11 is 0. The van der Waals surface area contributed by atoms with E-state index in [1.165, 1.54) is 18.4 Å². The fraction of sp³-hybridized carbons (Fsp3) is 0.615. The molecule has 88 valence electrons. The van der Waals surface area contributed by atoms with Gasteiger partial charge in [0.2, 0.25) is 0 Å². The number of nitrogens with zero attached hydrogens (tertiary/aromatic N) is 1. The molecule has 1 aromatic rings. The van der Waals surface area contributed by atoms with Gasteiger partial charge in [0.1, 0.15) is 12.4 Å². The van der Waals surface area contributed by atoms with E-state index < -0.39 is 0 Å². The third kappa shape index (κ3) is 2.73. The molecule has 0 aromatic carbocycles. The molecule has 0 spiro atoms. The highest BCUT2D eigenvalue weighted by atomic mass is 16.5. The molecule has 2 heterocycles. The van der Waals surface area contributed by atoms with E-state index in [0.29, 0.717) is 6.04 Å². The molecule has 0 aliphatic carbocycles. The van der Waals surface area contributed by atoms with Crippen molar-refractivity contribution in [2.24, 2.45) is 0 Å². The lowest BCUT2D eigenvalue weighted by atomic mass is 10.1. The Kier molecular flexibility index (Phi) is 3.78. The summed E-state index contributed by atoms with van der Waals surface area (Å²) in [5.74, 6) is 0.899. The van der Waals surface area contributed by atoms with Crippen LogP contribution in [0.4, 0.5) is 0 Å². The van der Waals surface area contributed by atoms with Crippen LogP contribution in [0.1, 0.15) is 31.0 Å². The van der Waals surface area contributed by atoms with Gasteiger partial charge in [0.05, 0.1) is 6.20 Å². The van der Waals surface area contributed by atoms with Gasteiger partial charge in [-0.15, -0.1) is 0 Å². The van der Waals surface area contributed by atoms with Crippen molar-refractivity contribution in [3.05, 3.63) is 23.5 Å². The van der Waals surface area contributed by atoms with Gasteiger partial charge in [-0.2, -0.15) is 0 Å². The van der Waals surface area contributed by atoms with Gasteiger partial charge in [-0.1, -0.05) is 6.92 Å². The Labute approximate surface area is 97.2 Å². The average molecular weight is 220 g/mol. The molecule has 3 heteroatoms. The van der Waals surface area contributed by atoms with Crippen molar-refractivity contribution >= 4 is 0 Å². The third-order valence-corrected chi connectivity index (χ3v) is 3.16. The molecular formula is C13H20N2O. The smallest absolute Gasteiger partial charge is 0.137 e. The summed E-state index contributed by atoms with van der Waals surface area (Å²) in [6, 6.07) is 2.63. The first kappa shape index (κ1) is 11.4. The molecule has 3 nitrogen and oxygen atoms in total. The van der Waals surface area contributed by atoms with Crippen LogP contribution >= 0.6 is 0 Å². The number of aromatic nitrogens is 1. The molecule has 1 saturated heterocycles. The lowest BCUT2D eigenvalue weighted by Crippen LogP contribution is -2.28. The lowest BCUT2D eigenvalue weighted by molar-refractivity contribution is 0.276. The Morgan fingerprint density at radius 2 is 2.44 bits per heavy atom. The van der Waals surface area contributed by atoms with Crippen LogP contribution in [0.3, 0.4) is 0 Å². The van der Waals surface area contributed by atoms with E-state index in [0.717, 1.165) is 31.0 Å². The molecule has 0 amide bonds. The van der Waals surface area contributed by atoms with E-state index >= 15 is 0 Å². The first-order chi connectivity index (χ1) is 7.79. The van der Waals surface area contributed by atoms with E-state index in [9.17, 15) is 0 Å². The number of pyridine rings is 1. The van der Waals surface area contributed by atoms with Crippen molar-refractivity contribution in [1.82, 2.24) is 10.3 Å². The Bertz CT molecular complexity index is 346. The molecular weight excluding hydrogens is 200 g/mol. The van der Waals surface area contributed by atoms with Crippen LogP contribution in [0, 0.1) is 6.92 Å². The van der Waals surface area contributed by atoms with E-state index in [1.807, 2.05) is 13.1 Å². The second-order valence-corrected chi connectivity index (χ2v) is 4.37. The molecule has 0 bridgehead atoms. The minimum absolute atomic E-state index is 0.520. The Balaban J connectivity index is 1.93. The molecule has 0 unspecified atom stereocenters. The number of ether oxygens (including phenoxy) is 1. The summed E-state index contributed by atoms with van der Waals surface area (Å²) in [4.78, 5) is 4.35. The fourth-order valence-corrected chi connectivity index (χ4v) is 2.09. The summed E-state index contributed by atoms with van der Waals surface area (Å²) < 4.78 is 5.76. The summed E-state index contributed by atoms with van der Waals surface area (Å²) in [7, 11) is 0. The predicted octanol–water partition coefficient (Wildman–Crippen LogP) is 2.08. The van der Waals surface area contributed by atoms with Gasteiger partial charge >= 0.3 is 0 Å². The van der Waals surface area contributed by atoms with E-state index in [2.05, 4.69) is 23.3 Å². The molecule has 0 saturated carbocycles.